The molecule has 0 fully saturated rings. The summed E-state index contributed by atoms with van der Waals surface area (Å²) in [6, 6.07) is 0. The third kappa shape index (κ3) is 3.69. The average Bonchev–Trinajstić information content (AvgIpc) is 2.55. The van der Waals surface area contributed by atoms with Crippen molar-refractivity contribution < 1.29 is 17.9 Å². The number of ether oxygens (including phenoxy) is 1. The third-order valence-electron chi connectivity index (χ3n) is 1.98. The van der Waals surface area contributed by atoms with Crippen LogP contribution in [-0.2, 0) is 13.8 Å². The van der Waals surface area contributed by atoms with Gasteiger partial charge in [0.25, 0.3) is 9.05 Å². The SMILES string of the molecule is Cc1c(C(=O)OCC(C)C)csc1S(=O)(=O)Cl. The molecule has 0 aliphatic rings. The van der Waals surface area contributed by atoms with E-state index >= 15 is 0 Å². The number of thiophene rings is 1. The van der Waals surface area contributed by atoms with Crippen LogP contribution in [0, 0.1) is 12.8 Å². The van der Waals surface area contributed by atoms with E-state index < -0.39 is 15.0 Å². The van der Waals surface area contributed by atoms with Gasteiger partial charge in [-0.05, 0) is 18.4 Å². The number of carbonyl (C=O) groups is 1. The van der Waals surface area contributed by atoms with Crippen LogP contribution in [0.25, 0.3) is 0 Å². The molecule has 1 aromatic rings. The zero-order chi connectivity index (χ0) is 13.2. The van der Waals surface area contributed by atoms with Crippen LogP contribution in [-0.4, -0.2) is 21.0 Å². The van der Waals surface area contributed by atoms with Crippen molar-refractivity contribution in [1.82, 2.24) is 0 Å². The van der Waals surface area contributed by atoms with E-state index in [0.29, 0.717) is 12.2 Å². The first-order chi connectivity index (χ1) is 7.73. The number of hydrogen-bond acceptors (Lipinski definition) is 5. The van der Waals surface area contributed by atoms with Gasteiger partial charge in [-0.3, -0.25) is 0 Å². The van der Waals surface area contributed by atoms with Gasteiger partial charge in [0.1, 0.15) is 4.21 Å². The fourth-order valence-corrected chi connectivity index (χ4v) is 3.70. The van der Waals surface area contributed by atoms with Crippen LogP contribution in [0.5, 0.6) is 0 Å². The maximum Gasteiger partial charge on any atom is 0.339 e. The van der Waals surface area contributed by atoms with Crippen molar-refractivity contribution >= 4 is 37.0 Å². The Balaban J connectivity index is 2.94. The molecule has 1 aromatic heterocycles. The Bertz CT molecular complexity index is 516. The van der Waals surface area contributed by atoms with Gasteiger partial charge in [-0.1, -0.05) is 13.8 Å². The summed E-state index contributed by atoms with van der Waals surface area (Å²) >= 11 is 0.925. The van der Waals surface area contributed by atoms with E-state index in [1.807, 2.05) is 13.8 Å². The summed E-state index contributed by atoms with van der Waals surface area (Å²) in [5, 5.41) is 1.45. The van der Waals surface area contributed by atoms with E-state index in [0.717, 1.165) is 11.3 Å². The van der Waals surface area contributed by atoms with E-state index in [9.17, 15) is 13.2 Å². The lowest BCUT2D eigenvalue weighted by molar-refractivity contribution is 0.0458. The fourth-order valence-electron chi connectivity index (χ4n) is 1.16. The molecule has 0 saturated heterocycles. The summed E-state index contributed by atoms with van der Waals surface area (Å²) in [4.78, 5) is 11.7. The minimum atomic E-state index is -3.79. The molecule has 0 unspecified atom stereocenters. The molecular weight excluding hydrogens is 284 g/mol. The number of carbonyl (C=O) groups excluding carboxylic acids is 1. The van der Waals surface area contributed by atoms with E-state index in [1.54, 1.807) is 0 Å². The van der Waals surface area contributed by atoms with Crippen molar-refractivity contribution in [3.05, 3.63) is 16.5 Å². The van der Waals surface area contributed by atoms with Crippen LogP contribution in [0.4, 0.5) is 0 Å². The highest BCUT2D eigenvalue weighted by atomic mass is 35.7. The quantitative estimate of drug-likeness (QED) is 0.633. The van der Waals surface area contributed by atoms with Gasteiger partial charge in [-0.2, -0.15) is 0 Å². The van der Waals surface area contributed by atoms with Gasteiger partial charge in [-0.25, -0.2) is 13.2 Å². The molecule has 0 aromatic carbocycles. The second kappa shape index (κ2) is 5.37. The van der Waals surface area contributed by atoms with Gasteiger partial charge < -0.3 is 4.74 Å². The Hall–Kier alpha value is -0.590. The highest BCUT2D eigenvalue weighted by Gasteiger charge is 2.22. The van der Waals surface area contributed by atoms with Crippen LogP contribution < -0.4 is 0 Å². The second-order valence-electron chi connectivity index (χ2n) is 3.99. The summed E-state index contributed by atoms with van der Waals surface area (Å²) in [5.74, 6) is -0.284. The molecule has 4 nitrogen and oxygen atoms in total. The molecular formula is C10H13ClO4S2. The van der Waals surface area contributed by atoms with Gasteiger partial charge in [0.15, 0.2) is 0 Å². The van der Waals surface area contributed by atoms with Crippen molar-refractivity contribution in [1.29, 1.82) is 0 Å². The highest BCUT2D eigenvalue weighted by molar-refractivity contribution is 8.15. The average molecular weight is 297 g/mol. The molecule has 0 amide bonds. The molecule has 96 valence electrons. The molecule has 0 aliphatic heterocycles. The van der Waals surface area contributed by atoms with Crippen molar-refractivity contribution in [3.8, 4) is 0 Å². The molecule has 0 radical (unpaired) electrons. The molecule has 1 heterocycles. The molecule has 17 heavy (non-hydrogen) atoms. The first-order valence-corrected chi connectivity index (χ1v) is 8.12. The number of esters is 1. The molecule has 0 aliphatic carbocycles. The Kier molecular flexibility index (Phi) is 4.57. The second-order valence-corrected chi connectivity index (χ2v) is 7.63. The van der Waals surface area contributed by atoms with Gasteiger partial charge >= 0.3 is 5.97 Å². The van der Waals surface area contributed by atoms with Crippen LogP contribution in [0.3, 0.4) is 0 Å². The summed E-state index contributed by atoms with van der Waals surface area (Å²) in [7, 11) is 1.45. The number of halogens is 1. The standard InChI is InChI=1S/C10H13ClO4S2/c1-6(2)4-15-9(12)8-5-16-10(7(8)3)17(11,13)14/h5-6H,4H2,1-3H3. The van der Waals surface area contributed by atoms with E-state index in [-0.39, 0.29) is 15.7 Å². The molecule has 0 saturated carbocycles. The van der Waals surface area contributed by atoms with Crippen LogP contribution >= 0.6 is 22.0 Å². The van der Waals surface area contributed by atoms with Gasteiger partial charge in [0, 0.05) is 16.1 Å². The van der Waals surface area contributed by atoms with E-state index in [1.165, 1.54) is 12.3 Å². The highest BCUT2D eigenvalue weighted by Crippen LogP contribution is 2.29. The summed E-state index contributed by atoms with van der Waals surface area (Å²) in [6.07, 6.45) is 0. The molecule has 7 heteroatoms. The van der Waals surface area contributed by atoms with Gasteiger partial charge in [-0.15, -0.1) is 11.3 Å². The minimum Gasteiger partial charge on any atom is -0.462 e. The normalized spacial score (nSPS) is 11.8. The first-order valence-electron chi connectivity index (χ1n) is 4.93. The summed E-state index contributed by atoms with van der Waals surface area (Å²) < 4.78 is 27.4. The van der Waals surface area contributed by atoms with Crippen LogP contribution in [0.15, 0.2) is 9.59 Å². The van der Waals surface area contributed by atoms with Crippen molar-refractivity contribution in [2.45, 2.75) is 25.0 Å². The number of hydrogen-bond donors (Lipinski definition) is 0. The van der Waals surface area contributed by atoms with Gasteiger partial charge in [0.05, 0.1) is 12.2 Å². The lowest BCUT2D eigenvalue weighted by Gasteiger charge is -2.06. The molecule has 0 bridgehead atoms. The molecule has 1 rings (SSSR count). The monoisotopic (exact) mass is 296 g/mol. The van der Waals surface area contributed by atoms with E-state index in [2.05, 4.69) is 0 Å². The minimum absolute atomic E-state index is 0.00402. The largest absolute Gasteiger partial charge is 0.462 e. The maximum atomic E-state index is 11.7. The van der Waals surface area contributed by atoms with Crippen LogP contribution in [0.1, 0.15) is 29.8 Å². The fraction of sp³-hybridized carbons (Fsp3) is 0.500. The summed E-state index contributed by atoms with van der Waals surface area (Å²) in [5.41, 5.74) is 0.605. The summed E-state index contributed by atoms with van der Waals surface area (Å²) in [6.45, 7) is 5.68. The van der Waals surface area contributed by atoms with Gasteiger partial charge in [0.2, 0.25) is 0 Å². The lowest BCUT2D eigenvalue weighted by atomic mass is 10.2. The zero-order valence-corrected chi connectivity index (χ0v) is 12.1. The zero-order valence-electron chi connectivity index (χ0n) is 9.69. The Morgan fingerprint density at radius 1 is 1.53 bits per heavy atom. The third-order valence-corrected chi connectivity index (χ3v) is 5.29. The Morgan fingerprint density at radius 3 is 2.53 bits per heavy atom. The molecule has 0 atom stereocenters. The lowest BCUT2D eigenvalue weighted by Crippen LogP contribution is -2.10. The Labute approximate surface area is 109 Å². The van der Waals surface area contributed by atoms with Crippen molar-refractivity contribution in [2.75, 3.05) is 6.61 Å². The molecule has 0 spiro atoms. The van der Waals surface area contributed by atoms with Crippen molar-refractivity contribution in [2.24, 2.45) is 5.92 Å². The molecule has 0 N–H and O–H groups in total. The van der Waals surface area contributed by atoms with Crippen LogP contribution in [0.2, 0.25) is 0 Å². The maximum absolute atomic E-state index is 11.7. The van der Waals surface area contributed by atoms with Crippen molar-refractivity contribution in [3.63, 3.8) is 0 Å². The Morgan fingerprint density at radius 2 is 2.12 bits per heavy atom. The first kappa shape index (κ1) is 14.5. The van der Waals surface area contributed by atoms with E-state index in [4.69, 9.17) is 15.4 Å². The topological polar surface area (TPSA) is 60.4 Å². The predicted octanol–water partition coefficient (Wildman–Crippen LogP) is 2.80. The number of rotatable bonds is 4. The smallest absolute Gasteiger partial charge is 0.339 e. The predicted molar refractivity (Wildman–Crippen MR) is 67.2 cm³/mol.